The van der Waals surface area contributed by atoms with Crippen molar-refractivity contribution in [2.24, 2.45) is 0 Å². The van der Waals surface area contributed by atoms with Crippen molar-refractivity contribution in [2.75, 3.05) is 31.5 Å². The smallest absolute Gasteiger partial charge is 0.288 e. The molecular weight excluding hydrogens is 430 g/mol. The summed E-state index contributed by atoms with van der Waals surface area (Å²) in [6, 6.07) is 18.1. The number of nitrogens with zero attached hydrogens (tertiary/aromatic N) is 3. The van der Waals surface area contributed by atoms with Crippen molar-refractivity contribution in [1.82, 2.24) is 14.8 Å². The first-order valence-corrected chi connectivity index (χ1v) is 11.3. The highest BCUT2D eigenvalue weighted by atomic mass is 32.2. The average molecular weight is 455 g/mol. The molecule has 0 unspecified atom stereocenters. The zero-order valence-electron chi connectivity index (χ0n) is 17.5. The van der Waals surface area contributed by atoms with E-state index >= 15 is 0 Å². The van der Waals surface area contributed by atoms with Gasteiger partial charge in [-0.15, -0.1) is 0 Å². The van der Waals surface area contributed by atoms with Crippen LogP contribution in [0, 0.1) is 0 Å². The molecule has 1 amide bonds. The van der Waals surface area contributed by atoms with Gasteiger partial charge in [-0.2, -0.15) is 8.78 Å². The number of anilines is 2. The Hall–Kier alpha value is -2.97. The number of pyridine rings is 1. The first-order valence-electron chi connectivity index (χ1n) is 10.4. The van der Waals surface area contributed by atoms with Crippen molar-refractivity contribution in [3.63, 3.8) is 0 Å². The van der Waals surface area contributed by atoms with E-state index in [0.717, 1.165) is 25.3 Å². The summed E-state index contributed by atoms with van der Waals surface area (Å²) in [7, 11) is 0. The van der Waals surface area contributed by atoms with Crippen LogP contribution in [0.25, 0.3) is 0 Å². The molecule has 1 aromatic heterocycles. The molecule has 1 fully saturated rings. The Labute approximate surface area is 190 Å². The van der Waals surface area contributed by atoms with Gasteiger partial charge in [0.2, 0.25) is 0 Å². The van der Waals surface area contributed by atoms with E-state index < -0.39 is 5.76 Å². The number of carbonyl (C=O) groups is 1. The number of para-hydroxylation sites is 1. The molecular formula is C24H24F2N4OS. The average Bonchev–Trinajstić information content (AvgIpc) is 2.81. The van der Waals surface area contributed by atoms with Crippen LogP contribution in [-0.2, 0) is 6.54 Å². The third-order valence-corrected chi connectivity index (χ3v) is 6.03. The van der Waals surface area contributed by atoms with Crippen LogP contribution >= 0.6 is 11.8 Å². The van der Waals surface area contributed by atoms with Gasteiger partial charge in [-0.25, -0.2) is 0 Å². The zero-order chi connectivity index (χ0) is 22.3. The number of aromatic nitrogens is 1. The molecule has 0 bridgehead atoms. The minimum absolute atomic E-state index is 0.0148. The fourth-order valence-corrected chi connectivity index (χ4v) is 4.18. The Morgan fingerprint density at radius 1 is 1.00 bits per heavy atom. The van der Waals surface area contributed by atoms with Crippen LogP contribution in [-0.4, -0.2) is 52.6 Å². The highest BCUT2D eigenvalue weighted by Crippen LogP contribution is 2.28. The Morgan fingerprint density at radius 2 is 1.75 bits per heavy atom. The topological polar surface area (TPSA) is 48.5 Å². The van der Waals surface area contributed by atoms with E-state index in [4.69, 9.17) is 0 Å². The Morgan fingerprint density at radius 3 is 2.44 bits per heavy atom. The number of rotatable bonds is 7. The maximum absolute atomic E-state index is 13.2. The number of nitrogens with one attached hydrogen (secondary N) is 1. The number of alkyl halides is 2. The summed E-state index contributed by atoms with van der Waals surface area (Å²) in [5.74, 6) is -2.46. The molecule has 0 spiro atoms. The van der Waals surface area contributed by atoms with Gasteiger partial charge in [0.05, 0.1) is 11.3 Å². The molecule has 8 heteroatoms. The zero-order valence-corrected chi connectivity index (χ0v) is 18.3. The molecule has 1 aliphatic rings. The SMILES string of the molecule is O=C(c1ccccc1Nc1ccc(SC(F)F)cc1)N1CCN(Cc2cccnc2)CC1. The van der Waals surface area contributed by atoms with Crippen molar-refractivity contribution in [3.05, 3.63) is 84.2 Å². The summed E-state index contributed by atoms with van der Waals surface area (Å²) in [5, 5.41) is 3.25. The second kappa shape index (κ2) is 10.6. The van der Waals surface area contributed by atoms with Crippen LogP contribution in [0.15, 0.2) is 78.0 Å². The highest BCUT2D eigenvalue weighted by molar-refractivity contribution is 7.99. The Kier molecular flexibility index (Phi) is 7.34. The summed E-state index contributed by atoms with van der Waals surface area (Å²) in [6.07, 6.45) is 3.64. The van der Waals surface area contributed by atoms with Gasteiger partial charge in [0, 0.05) is 55.7 Å². The fraction of sp³-hybridized carbons (Fsp3) is 0.250. The van der Waals surface area contributed by atoms with Crippen LogP contribution in [0.5, 0.6) is 0 Å². The van der Waals surface area contributed by atoms with E-state index in [0.29, 0.717) is 41.0 Å². The van der Waals surface area contributed by atoms with E-state index in [9.17, 15) is 13.6 Å². The highest BCUT2D eigenvalue weighted by Gasteiger charge is 2.24. The van der Waals surface area contributed by atoms with E-state index in [-0.39, 0.29) is 5.91 Å². The van der Waals surface area contributed by atoms with Crippen LogP contribution in [0.1, 0.15) is 15.9 Å². The van der Waals surface area contributed by atoms with Gasteiger partial charge in [-0.1, -0.05) is 30.0 Å². The van der Waals surface area contributed by atoms with Crippen LogP contribution in [0.3, 0.4) is 0 Å². The van der Waals surface area contributed by atoms with Gasteiger partial charge in [0.15, 0.2) is 0 Å². The summed E-state index contributed by atoms with van der Waals surface area (Å²) in [6.45, 7) is 3.76. The number of piperazine rings is 1. The molecule has 0 aliphatic carbocycles. The molecule has 4 rings (SSSR count). The number of carbonyl (C=O) groups excluding carboxylic acids is 1. The largest absolute Gasteiger partial charge is 0.355 e. The molecule has 3 aromatic rings. The van der Waals surface area contributed by atoms with Gasteiger partial charge < -0.3 is 10.2 Å². The van der Waals surface area contributed by atoms with Crippen molar-refractivity contribution in [1.29, 1.82) is 0 Å². The number of hydrogen-bond donors (Lipinski definition) is 1. The van der Waals surface area contributed by atoms with Crippen LogP contribution < -0.4 is 5.32 Å². The van der Waals surface area contributed by atoms with Crippen molar-refractivity contribution in [2.45, 2.75) is 17.2 Å². The van der Waals surface area contributed by atoms with Crippen LogP contribution in [0.2, 0.25) is 0 Å². The number of halogens is 2. The molecule has 1 N–H and O–H groups in total. The minimum Gasteiger partial charge on any atom is -0.355 e. The van der Waals surface area contributed by atoms with Gasteiger partial charge in [-0.05, 0) is 48.0 Å². The third-order valence-electron chi connectivity index (χ3n) is 5.30. The van der Waals surface area contributed by atoms with Gasteiger partial charge in [-0.3, -0.25) is 14.7 Å². The van der Waals surface area contributed by atoms with E-state index in [2.05, 4.69) is 21.3 Å². The molecule has 5 nitrogen and oxygen atoms in total. The monoisotopic (exact) mass is 454 g/mol. The van der Waals surface area contributed by atoms with Gasteiger partial charge in [0.25, 0.3) is 11.7 Å². The summed E-state index contributed by atoms with van der Waals surface area (Å²) >= 11 is 0.511. The quantitative estimate of drug-likeness (QED) is 0.504. The predicted molar refractivity (Wildman–Crippen MR) is 123 cm³/mol. The normalized spacial score (nSPS) is 14.5. The predicted octanol–water partition coefficient (Wildman–Crippen LogP) is 5.10. The minimum atomic E-state index is -2.45. The first kappa shape index (κ1) is 22.2. The molecule has 1 saturated heterocycles. The second-order valence-corrected chi connectivity index (χ2v) is 8.57. The molecule has 1 aliphatic heterocycles. The Balaban J connectivity index is 1.38. The van der Waals surface area contributed by atoms with Crippen molar-refractivity contribution >= 4 is 29.0 Å². The number of hydrogen-bond acceptors (Lipinski definition) is 5. The van der Waals surface area contributed by atoms with Gasteiger partial charge in [0.1, 0.15) is 0 Å². The molecule has 32 heavy (non-hydrogen) atoms. The summed E-state index contributed by atoms with van der Waals surface area (Å²) < 4.78 is 25.0. The van der Waals surface area contributed by atoms with E-state index in [1.54, 1.807) is 30.5 Å². The third kappa shape index (κ3) is 5.83. The summed E-state index contributed by atoms with van der Waals surface area (Å²) in [4.78, 5) is 22.1. The molecule has 2 aromatic carbocycles. The molecule has 2 heterocycles. The second-order valence-electron chi connectivity index (χ2n) is 7.50. The van der Waals surface area contributed by atoms with Crippen molar-refractivity contribution in [3.8, 4) is 0 Å². The number of thioether (sulfide) groups is 1. The molecule has 166 valence electrons. The number of benzene rings is 2. The molecule has 0 saturated carbocycles. The lowest BCUT2D eigenvalue weighted by Crippen LogP contribution is -2.48. The maximum Gasteiger partial charge on any atom is 0.288 e. The lowest BCUT2D eigenvalue weighted by Gasteiger charge is -2.35. The molecule has 0 atom stereocenters. The lowest BCUT2D eigenvalue weighted by atomic mass is 10.1. The van der Waals surface area contributed by atoms with Crippen LogP contribution in [0.4, 0.5) is 20.2 Å². The van der Waals surface area contributed by atoms with E-state index in [1.165, 1.54) is 5.56 Å². The first-order chi connectivity index (χ1) is 15.6. The molecule has 0 radical (unpaired) electrons. The maximum atomic E-state index is 13.2. The lowest BCUT2D eigenvalue weighted by molar-refractivity contribution is 0.0629. The standard InChI is InChI=1S/C24H24F2N4OS/c25-24(26)32-20-9-7-19(8-10-20)28-22-6-2-1-5-21(22)23(31)30-14-12-29(13-15-30)17-18-4-3-11-27-16-18/h1-11,16,24,28H,12-15,17H2. The Bertz CT molecular complexity index is 1030. The summed E-state index contributed by atoms with van der Waals surface area (Å²) in [5.41, 5.74) is 3.20. The van der Waals surface area contributed by atoms with Crippen molar-refractivity contribution < 1.29 is 13.6 Å². The number of amides is 1. The fourth-order valence-electron chi connectivity index (χ4n) is 3.68. The van der Waals surface area contributed by atoms with E-state index in [1.807, 2.05) is 41.4 Å². The van der Waals surface area contributed by atoms with Gasteiger partial charge >= 0.3 is 0 Å².